The maximum Gasteiger partial charge on any atom is 0.236 e. The average Bonchev–Trinajstić information content (AvgIpc) is 3.00. The van der Waals surface area contributed by atoms with Gasteiger partial charge < -0.3 is 9.80 Å². The van der Waals surface area contributed by atoms with Crippen LogP contribution in [0.1, 0.15) is 64.2 Å². The Morgan fingerprint density at radius 1 is 0.680 bits per heavy atom. The van der Waals surface area contributed by atoms with E-state index in [1.807, 2.05) is 9.80 Å². The van der Waals surface area contributed by atoms with E-state index in [2.05, 4.69) is 4.90 Å². The fourth-order valence-electron chi connectivity index (χ4n) is 4.55. The predicted molar refractivity (Wildman–Crippen MR) is 99.3 cm³/mol. The fraction of sp³-hybridized carbons (Fsp3) is 0.900. The highest BCUT2D eigenvalue weighted by Crippen LogP contribution is 2.28. The van der Waals surface area contributed by atoms with Gasteiger partial charge in [0.1, 0.15) is 0 Å². The largest absolute Gasteiger partial charge is 0.342 e. The molecule has 1 aliphatic carbocycles. The number of likely N-dealkylation sites (tertiary alicyclic amines) is 1. The first-order valence-corrected chi connectivity index (χ1v) is 10.5. The lowest BCUT2D eigenvalue weighted by molar-refractivity contribution is -0.135. The number of hydrogen-bond donors (Lipinski definition) is 0. The summed E-state index contributed by atoms with van der Waals surface area (Å²) in [5, 5.41) is 0. The van der Waals surface area contributed by atoms with Crippen LogP contribution < -0.4 is 0 Å². The van der Waals surface area contributed by atoms with E-state index < -0.39 is 0 Å². The smallest absolute Gasteiger partial charge is 0.236 e. The maximum atomic E-state index is 12.5. The minimum absolute atomic E-state index is 0.280. The lowest BCUT2D eigenvalue weighted by Gasteiger charge is -2.35. The van der Waals surface area contributed by atoms with Crippen molar-refractivity contribution in [2.24, 2.45) is 5.92 Å². The van der Waals surface area contributed by atoms with Crippen molar-refractivity contribution in [2.45, 2.75) is 64.2 Å². The minimum atomic E-state index is 0.280. The lowest BCUT2D eigenvalue weighted by atomic mass is 10.0. The van der Waals surface area contributed by atoms with Gasteiger partial charge in [0.05, 0.1) is 6.54 Å². The number of carbonyl (C=O) groups is 2. The van der Waals surface area contributed by atoms with E-state index >= 15 is 0 Å². The first-order chi connectivity index (χ1) is 12.2. The number of amides is 2. The zero-order valence-electron chi connectivity index (χ0n) is 15.8. The Morgan fingerprint density at radius 2 is 1.28 bits per heavy atom. The van der Waals surface area contributed by atoms with E-state index in [0.29, 0.717) is 12.5 Å². The monoisotopic (exact) mass is 349 g/mol. The third-order valence-electron chi connectivity index (χ3n) is 6.28. The first kappa shape index (κ1) is 18.7. The van der Waals surface area contributed by atoms with Crippen molar-refractivity contribution >= 4 is 11.8 Å². The molecule has 2 heterocycles. The van der Waals surface area contributed by atoms with Gasteiger partial charge in [-0.2, -0.15) is 0 Å². The molecule has 5 heteroatoms. The Bertz CT molecular complexity index is 432. The number of hydrogen-bond acceptors (Lipinski definition) is 3. The van der Waals surface area contributed by atoms with Gasteiger partial charge in [0.25, 0.3) is 0 Å². The van der Waals surface area contributed by atoms with Crippen LogP contribution in [0.3, 0.4) is 0 Å². The van der Waals surface area contributed by atoms with Crippen molar-refractivity contribution in [1.29, 1.82) is 0 Å². The Kier molecular flexibility index (Phi) is 7.14. The molecule has 1 saturated carbocycles. The zero-order valence-corrected chi connectivity index (χ0v) is 15.8. The molecule has 3 rings (SSSR count). The van der Waals surface area contributed by atoms with Gasteiger partial charge in [-0.15, -0.1) is 0 Å². The molecule has 0 spiro atoms. The molecule has 2 aliphatic heterocycles. The third-order valence-corrected chi connectivity index (χ3v) is 6.28. The summed E-state index contributed by atoms with van der Waals surface area (Å²) in [5.74, 6) is 1.39. The van der Waals surface area contributed by atoms with Gasteiger partial charge in [-0.05, 0) is 25.2 Å². The van der Waals surface area contributed by atoms with Crippen LogP contribution in [-0.2, 0) is 9.59 Å². The van der Waals surface area contributed by atoms with Crippen molar-refractivity contribution in [3.05, 3.63) is 0 Å². The van der Waals surface area contributed by atoms with Crippen LogP contribution in [0.5, 0.6) is 0 Å². The summed E-state index contributed by atoms with van der Waals surface area (Å²) >= 11 is 0. The standard InChI is InChI=1S/C20H35N3O2/c24-19(10-9-18-7-3-4-8-18)23-15-13-21(14-16-23)17-20(25)22-11-5-1-2-6-12-22/h18H,1-17H2. The summed E-state index contributed by atoms with van der Waals surface area (Å²) in [7, 11) is 0. The van der Waals surface area contributed by atoms with Gasteiger partial charge in [-0.1, -0.05) is 38.5 Å². The lowest BCUT2D eigenvalue weighted by Crippen LogP contribution is -2.51. The molecule has 0 aromatic rings. The highest BCUT2D eigenvalue weighted by molar-refractivity contribution is 5.78. The number of rotatable bonds is 5. The Labute approximate surface area is 152 Å². The quantitative estimate of drug-likeness (QED) is 0.766. The van der Waals surface area contributed by atoms with Crippen LogP contribution in [0.4, 0.5) is 0 Å². The third kappa shape index (κ3) is 5.70. The molecular weight excluding hydrogens is 314 g/mol. The van der Waals surface area contributed by atoms with Gasteiger partial charge in [0.15, 0.2) is 0 Å². The molecule has 0 bridgehead atoms. The second-order valence-corrected chi connectivity index (χ2v) is 8.14. The second-order valence-electron chi connectivity index (χ2n) is 8.14. The van der Waals surface area contributed by atoms with Gasteiger partial charge >= 0.3 is 0 Å². The number of piperazine rings is 1. The van der Waals surface area contributed by atoms with Crippen molar-refractivity contribution in [3.63, 3.8) is 0 Å². The van der Waals surface area contributed by atoms with E-state index in [-0.39, 0.29) is 5.91 Å². The second kappa shape index (κ2) is 9.56. The van der Waals surface area contributed by atoms with Crippen LogP contribution in [0.15, 0.2) is 0 Å². The van der Waals surface area contributed by atoms with Crippen molar-refractivity contribution < 1.29 is 9.59 Å². The molecule has 0 N–H and O–H groups in total. The van der Waals surface area contributed by atoms with Crippen molar-refractivity contribution in [3.8, 4) is 0 Å². The number of carbonyl (C=O) groups excluding carboxylic acids is 2. The van der Waals surface area contributed by atoms with Crippen LogP contribution in [0.25, 0.3) is 0 Å². The van der Waals surface area contributed by atoms with Crippen molar-refractivity contribution in [1.82, 2.24) is 14.7 Å². The molecule has 3 fully saturated rings. The van der Waals surface area contributed by atoms with Crippen molar-refractivity contribution in [2.75, 3.05) is 45.8 Å². The van der Waals surface area contributed by atoms with E-state index in [1.165, 1.54) is 38.5 Å². The van der Waals surface area contributed by atoms with Crippen LogP contribution >= 0.6 is 0 Å². The molecule has 5 nitrogen and oxygen atoms in total. The fourth-order valence-corrected chi connectivity index (χ4v) is 4.55. The maximum absolute atomic E-state index is 12.5. The highest BCUT2D eigenvalue weighted by atomic mass is 16.2. The molecule has 0 radical (unpaired) electrons. The molecule has 142 valence electrons. The zero-order chi connectivity index (χ0) is 17.5. The van der Waals surface area contributed by atoms with Gasteiger partial charge in [0, 0.05) is 45.7 Å². The van der Waals surface area contributed by atoms with Crippen LogP contribution in [-0.4, -0.2) is 72.3 Å². The summed E-state index contributed by atoms with van der Waals surface area (Å²) in [6, 6.07) is 0. The molecule has 0 atom stereocenters. The normalized spacial score (nSPS) is 23.7. The SMILES string of the molecule is O=C(CCC1CCCC1)N1CCN(CC(=O)N2CCCCCC2)CC1. The summed E-state index contributed by atoms with van der Waals surface area (Å²) in [6.07, 6.45) is 11.9. The Morgan fingerprint density at radius 3 is 1.92 bits per heavy atom. The average molecular weight is 350 g/mol. The molecule has 0 unspecified atom stereocenters. The first-order valence-electron chi connectivity index (χ1n) is 10.5. The molecule has 25 heavy (non-hydrogen) atoms. The van der Waals surface area contributed by atoms with Gasteiger partial charge in [-0.3, -0.25) is 14.5 Å². The molecule has 2 saturated heterocycles. The van der Waals surface area contributed by atoms with Gasteiger partial charge in [0.2, 0.25) is 11.8 Å². The highest BCUT2D eigenvalue weighted by Gasteiger charge is 2.25. The summed E-state index contributed by atoms with van der Waals surface area (Å²) < 4.78 is 0. The Hall–Kier alpha value is -1.10. The number of nitrogens with zero attached hydrogens (tertiary/aromatic N) is 3. The summed E-state index contributed by atoms with van der Waals surface area (Å²) in [6.45, 7) is 5.65. The summed E-state index contributed by atoms with van der Waals surface area (Å²) in [5.41, 5.74) is 0. The van der Waals surface area contributed by atoms with E-state index in [9.17, 15) is 9.59 Å². The molecule has 2 amide bonds. The Balaban J connectivity index is 1.34. The molecule has 3 aliphatic rings. The van der Waals surface area contributed by atoms with Crippen LogP contribution in [0, 0.1) is 5.92 Å². The summed E-state index contributed by atoms with van der Waals surface area (Å²) in [4.78, 5) is 31.2. The van der Waals surface area contributed by atoms with Crippen LogP contribution in [0.2, 0.25) is 0 Å². The predicted octanol–water partition coefficient (Wildman–Crippen LogP) is 2.50. The molecule has 0 aromatic heterocycles. The van der Waals surface area contributed by atoms with Gasteiger partial charge in [-0.25, -0.2) is 0 Å². The molecule has 0 aromatic carbocycles. The van der Waals surface area contributed by atoms with E-state index in [1.54, 1.807) is 0 Å². The minimum Gasteiger partial charge on any atom is -0.342 e. The molecular formula is C20H35N3O2. The van der Waals surface area contributed by atoms with E-state index in [4.69, 9.17) is 0 Å². The van der Waals surface area contributed by atoms with E-state index in [0.717, 1.165) is 70.9 Å². The topological polar surface area (TPSA) is 43.9 Å².